The fraction of sp³-hybridized carbons (Fsp3) is 0.875. The molecule has 1 aliphatic rings. The topological polar surface area (TPSA) is 77.9 Å². The first-order valence-electron chi connectivity index (χ1n) is 4.99. The van der Waals surface area contributed by atoms with Gasteiger partial charge in [0.05, 0.1) is 5.75 Å². The third-order valence-corrected chi connectivity index (χ3v) is 5.16. The standard InChI is InChI=1S/C8H15IN2O4S/c9-2-1-7-16(14,15)11-5-3-10(4-6-11)8(12)13/h1-7H2,(H,12,13). The van der Waals surface area contributed by atoms with Crippen LogP contribution < -0.4 is 0 Å². The molecule has 1 heterocycles. The molecule has 0 aromatic rings. The van der Waals surface area contributed by atoms with Crippen molar-refractivity contribution >= 4 is 38.7 Å². The lowest BCUT2D eigenvalue weighted by Crippen LogP contribution is -2.50. The fourth-order valence-corrected chi connectivity index (χ4v) is 3.91. The van der Waals surface area contributed by atoms with Crippen LogP contribution >= 0.6 is 22.6 Å². The molecule has 1 aliphatic heterocycles. The highest BCUT2D eigenvalue weighted by Crippen LogP contribution is 2.09. The van der Waals surface area contributed by atoms with Gasteiger partial charge in [-0.1, -0.05) is 22.6 Å². The molecule has 0 aromatic heterocycles. The summed E-state index contributed by atoms with van der Waals surface area (Å²) in [6, 6.07) is 0. The molecule has 1 fully saturated rings. The zero-order valence-electron chi connectivity index (χ0n) is 8.80. The molecule has 0 aromatic carbocycles. The van der Waals surface area contributed by atoms with Gasteiger partial charge in [0.1, 0.15) is 0 Å². The Labute approximate surface area is 109 Å². The van der Waals surface area contributed by atoms with Gasteiger partial charge in [0.25, 0.3) is 0 Å². The number of halogens is 1. The first kappa shape index (κ1) is 14.0. The molecule has 0 radical (unpaired) electrons. The lowest BCUT2D eigenvalue weighted by atomic mass is 10.4. The normalized spacial score (nSPS) is 18.7. The number of carbonyl (C=O) groups is 1. The van der Waals surface area contributed by atoms with Crippen molar-refractivity contribution in [3.63, 3.8) is 0 Å². The quantitative estimate of drug-likeness (QED) is 0.582. The van der Waals surface area contributed by atoms with E-state index in [1.54, 1.807) is 0 Å². The van der Waals surface area contributed by atoms with Crippen molar-refractivity contribution in [3.8, 4) is 0 Å². The molecule has 16 heavy (non-hydrogen) atoms. The monoisotopic (exact) mass is 362 g/mol. The number of sulfonamides is 1. The molecule has 6 nitrogen and oxygen atoms in total. The van der Waals surface area contributed by atoms with Gasteiger partial charge >= 0.3 is 6.09 Å². The summed E-state index contributed by atoms with van der Waals surface area (Å²) in [6.07, 6.45) is -0.341. The van der Waals surface area contributed by atoms with Crippen molar-refractivity contribution in [2.75, 3.05) is 36.4 Å². The second-order valence-corrected chi connectivity index (χ2v) is 6.69. The Balaban J connectivity index is 2.50. The lowest BCUT2D eigenvalue weighted by Gasteiger charge is -2.32. The third kappa shape index (κ3) is 3.74. The number of piperazine rings is 1. The maximum atomic E-state index is 11.8. The predicted molar refractivity (Wildman–Crippen MR) is 68.5 cm³/mol. The van der Waals surface area contributed by atoms with E-state index < -0.39 is 16.1 Å². The minimum atomic E-state index is -3.19. The zero-order chi connectivity index (χ0) is 12.2. The van der Waals surface area contributed by atoms with Crippen LogP contribution in [0.15, 0.2) is 0 Å². The molecule has 0 atom stereocenters. The second-order valence-electron chi connectivity index (χ2n) is 3.53. The molecule has 94 valence electrons. The molecular weight excluding hydrogens is 347 g/mol. The highest BCUT2D eigenvalue weighted by Gasteiger charge is 2.27. The van der Waals surface area contributed by atoms with E-state index in [0.29, 0.717) is 6.42 Å². The van der Waals surface area contributed by atoms with Crippen molar-refractivity contribution in [2.45, 2.75) is 6.42 Å². The summed E-state index contributed by atoms with van der Waals surface area (Å²) in [5.41, 5.74) is 0. The van der Waals surface area contributed by atoms with Crippen LogP contribution in [0.2, 0.25) is 0 Å². The smallest absolute Gasteiger partial charge is 0.407 e. The van der Waals surface area contributed by atoms with Gasteiger partial charge in [-0.05, 0) is 6.42 Å². The molecule has 0 spiro atoms. The number of rotatable bonds is 4. The van der Waals surface area contributed by atoms with Crippen LogP contribution in [-0.4, -0.2) is 65.2 Å². The zero-order valence-corrected chi connectivity index (χ0v) is 11.8. The average Bonchev–Trinajstić information content (AvgIpc) is 2.26. The summed E-state index contributed by atoms with van der Waals surface area (Å²) >= 11 is 2.14. The highest BCUT2D eigenvalue weighted by molar-refractivity contribution is 14.1. The van der Waals surface area contributed by atoms with Crippen molar-refractivity contribution in [2.24, 2.45) is 0 Å². The van der Waals surface area contributed by atoms with Gasteiger partial charge in [0, 0.05) is 30.6 Å². The van der Waals surface area contributed by atoms with E-state index in [2.05, 4.69) is 22.6 Å². The van der Waals surface area contributed by atoms with Crippen molar-refractivity contribution in [1.29, 1.82) is 0 Å². The molecule has 1 N–H and O–H groups in total. The van der Waals surface area contributed by atoms with E-state index in [0.717, 1.165) is 4.43 Å². The van der Waals surface area contributed by atoms with Gasteiger partial charge < -0.3 is 10.0 Å². The van der Waals surface area contributed by atoms with E-state index in [9.17, 15) is 13.2 Å². The van der Waals surface area contributed by atoms with Crippen LogP contribution in [0.4, 0.5) is 4.79 Å². The fourth-order valence-electron chi connectivity index (χ4n) is 1.52. The Bertz CT molecular complexity index is 338. The Morgan fingerprint density at radius 3 is 2.25 bits per heavy atom. The largest absolute Gasteiger partial charge is 0.465 e. The lowest BCUT2D eigenvalue weighted by molar-refractivity contribution is 0.126. The van der Waals surface area contributed by atoms with Crippen LogP contribution in [0, 0.1) is 0 Å². The van der Waals surface area contributed by atoms with Gasteiger partial charge in [0.2, 0.25) is 10.0 Å². The van der Waals surface area contributed by atoms with Gasteiger partial charge in [-0.3, -0.25) is 0 Å². The molecule has 0 bridgehead atoms. The highest BCUT2D eigenvalue weighted by atomic mass is 127. The van der Waals surface area contributed by atoms with Gasteiger partial charge in [0.15, 0.2) is 0 Å². The predicted octanol–water partition coefficient (Wildman–Crippen LogP) is 0.437. The van der Waals surface area contributed by atoms with Crippen molar-refractivity contribution < 1.29 is 18.3 Å². The molecule has 8 heteroatoms. The Morgan fingerprint density at radius 1 is 1.25 bits per heavy atom. The summed E-state index contributed by atoms with van der Waals surface area (Å²) in [4.78, 5) is 11.9. The average molecular weight is 362 g/mol. The number of carboxylic acid groups (broad SMARTS) is 1. The van der Waals surface area contributed by atoms with Crippen molar-refractivity contribution in [3.05, 3.63) is 0 Å². The van der Waals surface area contributed by atoms with Crippen LogP contribution in [0.3, 0.4) is 0 Å². The molecule has 0 saturated carbocycles. The first-order valence-corrected chi connectivity index (χ1v) is 8.12. The van der Waals surface area contributed by atoms with Gasteiger partial charge in [-0.25, -0.2) is 13.2 Å². The number of hydrogen-bond donors (Lipinski definition) is 1. The number of nitrogens with zero attached hydrogens (tertiary/aromatic N) is 2. The van der Waals surface area contributed by atoms with E-state index in [-0.39, 0.29) is 31.9 Å². The second kappa shape index (κ2) is 6.01. The Morgan fingerprint density at radius 2 is 1.81 bits per heavy atom. The van der Waals surface area contributed by atoms with Gasteiger partial charge in [-0.2, -0.15) is 4.31 Å². The summed E-state index contributed by atoms with van der Waals surface area (Å²) in [5, 5.41) is 8.73. The van der Waals surface area contributed by atoms with E-state index in [1.165, 1.54) is 9.21 Å². The summed E-state index contributed by atoms with van der Waals surface area (Å²) in [7, 11) is -3.19. The summed E-state index contributed by atoms with van der Waals surface area (Å²) < 4.78 is 25.8. The molecule has 1 rings (SSSR count). The van der Waals surface area contributed by atoms with Crippen LogP contribution in [0.25, 0.3) is 0 Å². The van der Waals surface area contributed by atoms with Crippen LogP contribution in [-0.2, 0) is 10.0 Å². The number of hydrogen-bond acceptors (Lipinski definition) is 3. The van der Waals surface area contributed by atoms with E-state index in [4.69, 9.17) is 5.11 Å². The maximum absolute atomic E-state index is 11.8. The maximum Gasteiger partial charge on any atom is 0.407 e. The Hall–Kier alpha value is -0.0900. The van der Waals surface area contributed by atoms with E-state index >= 15 is 0 Å². The summed E-state index contributed by atoms with van der Waals surface area (Å²) in [5.74, 6) is 0.156. The molecule has 1 amide bonds. The SMILES string of the molecule is O=C(O)N1CCN(S(=O)(=O)CCCI)CC1. The third-order valence-electron chi connectivity index (χ3n) is 2.44. The van der Waals surface area contributed by atoms with Crippen LogP contribution in [0.5, 0.6) is 0 Å². The number of amides is 1. The Kier molecular flexibility index (Phi) is 5.25. The minimum absolute atomic E-state index is 0.156. The molecule has 0 aliphatic carbocycles. The number of alkyl halides is 1. The molecule has 1 saturated heterocycles. The van der Waals surface area contributed by atoms with Gasteiger partial charge in [-0.15, -0.1) is 0 Å². The summed E-state index contributed by atoms with van der Waals surface area (Å²) in [6.45, 7) is 1.07. The minimum Gasteiger partial charge on any atom is -0.465 e. The van der Waals surface area contributed by atoms with E-state index in [1.807, 2.05) is 0 Å². The van der Waals surface area contributed by atoms with Crippen molar-refractivity contribution in [1.82, 2.24) is 9.21 Å². The molecular formula is C8H15IN2O4S. The molecule has 0 unspecified atom stereocenters. The van der Waals surface area contributed by atoms with Crippen LogP contribution in [0.1, 0.15) is 6.42 Å². The first-order chi connectivity index (χ1) is 7.47.